The highest BCUT2D eigenvalue weighted by Crippen LogP contribution is 2.32. The zero-order valence-electron chi connectivity index (χ0n) is 10.8. The van der Waals surface area contributed by atoms with E-state index in [0.717, 1.165) is 10.9 Å². The van der Waals surface area contributed by atoms with Gasteiger partial charge in [-0.3, -0.25) is 4.98 Å². The van der Waals surface area contributed by atoms with Gasteiger partial charge in [0.1, 0.15) is 11.9 Å². The van der Waals surface area contributed by atoms with Crippen LogP contribution in [0.1, 0.15) is 5.56 Å². The van der Waals surface area contributed by atoms with E-state index in [4.69, 9.17) is 0 Å². The maximum Gasteiger partial charge on any atom is 0.124 e. The number of pyridine rings is 1. The number of nitrogens with one attached hydrogen (secondary N) is 1. The van der Waals surface area contributed by atoms with E-state index >= 15 is 0 Å². The monoisotopic (exact) mass is 341 g/mol. The van der Waals surface area contributed by atoms with Crippen LogP contribution >= 0.6 is 15.9 Å². The molecule has 102 valence electrons. The molecule has 2 aromatic carbocycles. The van der Waals surface area contributed by atoms with Crippen molar-refractivity contribution >= 4 is 38.2 Å². The highest BCUT2D eigenvalue weighted by Gasteiger charge is 2.10. The van der Waals surface area contributed by atoms with Crippen molar-refractivity contribution < 1.29 is 4.39 Å². The Balaban J connectivity index is 2.17. The molecule has 0 aliphatic heterocycles. The van der Waals surface area contributed by atoms with Crippen LogP contribution in [0.15, 0.2) is 53.1 Å². The van der Waals surface area contributed by atoms with Gasteiger partial charge in [0.2, 0.25) is 0 Å². The minimum Gasteiger partial charge on any atom is -0.353 e. The van der Waals surface area contributed by atoms with Crippen LogP contribution < -0.4 is 5.32 Å². The molecule has 1 N–H and O–H groups in total. The molecule has 3 rings (SSSR count). The van der Waals surface area contributed by atoms with Gasteiger partial charge in [-0.05, 0) is 40.2 Å². The van der Waals surface area contributed by atoms with Crippen molar-refractivity contribution in [1.82, 2.24) is 4.98 Å². The minimum atomic E-state index is -0.326. The molecule has 0 spiro atoms. The number of nitriles is 1. The molecule has 1 heterocycles. The van der Waals surface area contributed by atoms with Crippen LogP contribution in [-0.2, 0) is 0 Å². The summed E-state index contributed by atoms with van der Waals surface area (Å²) in [7, 11) is 0. The van der Waals surface area contributed by atoms with E-state index in [1.807, 2.05) is 24.3 Å². The smallest absolute Gasteiger partial charge is 0.124 e. The molecule has 0 aliphatic rings. The second-order valence-corrected chi connectivity index (χ2v) is 5.28. The first-order chi connectivity index (χ1) is 10.2. The van der Waals surface area contributed by atoms with Crippen molar-refractivity contribution in [3.63, 3.8) is 0 Å². The van der Waals surface area contributed by atoms with Crippen molar-refractivity contribution in [2.24, 2.45) is 0 Å². The van der Waals surface area contributed by atoms with Gasteiger partial charge in [-0.25, -0.2) is 4.39 Å². The van der Waals surface area contributed by atoms with Gasteiger partial charge in [0.25, 0.3) is 0 Å². The Hall–Kier alpha value is -2.45. The molecule has 3 nitrogen and oxygen atoms in total. The van der Waals surface area contributed by atoms with Crippen molar-refractivity contribution in [3.8, 4) is 6.07 Å². The predicted molar refractivity (Wildman–Crippen MR) is 83.8 cm³/mol. The Morgan fingerprint density at radius 2 is 2.00 bits per heavy atom. The van der Waals surface area contributed by atoms with Crippen LogP contribution in [0.4, 0.5) is 15.8 Å². The van der Waals surface area contributed by atoms with Crippen LogP contribution in [-0.4, -0.2) is 4.98 Å². The molecule has 21 heavy (non-hydrogen) atoms. The third-order valence-electron chi connectivity index (χ3n) is 3.09. The van der Waals surface area contributed by atoms with E-state index in [-0.39, 0.29) is 5.82 Å². The first-order valence-corrected chi connectivity index (χ1v) is 6.98. The second-order valence-electron chi connectivity index (χ2n) is 4.42. The number of hydrogen-bond acceptors (Lipinski definition) is 3. The predicted octanol–water partition coefficient (Wildman–Crippen LogP) is 4.75. The molecule has 0 amide bonds. The number of fused-ring (bicyclic) bond motifs is 1. The van der Waals surface area contributed by atoms with Crippen LogP contribution in [0.3, 0.4) is 0 Å². The van der Waals surface area contributed by atoms with Gasteiger partial charge >= 0.3 is 0 Å². The Labute approximate surface area is 129 Å². The maximum absolute atomic E-state index is 13.2. The van der Waals surface area contributed by atoms with Crippen molar-refractivity contribution in [2.75, 3.05) is 5.32 Å². The van der Waals surface area contributed by atoms with Crippen LogP contribution in [0.25, 0.3) is 10.9 Å². The Kier molecular flexibility index (Phi) is 3.55. The normalized spacial score (nSPS) is 10.3. The van der Waals surface area contributed by atoms with Gasteiger partial charge in [-0.2, -0.15) is 5.26 Å². The molecule has 0 radical (unpaired) electrons. The quantitative estimate of drug-likeness (QED) is 0.731. The molecule has 1 aromatic heterocycles. The summed E-state index contributed by atoms with van der Waals surface area (Å²) in [5, 5.41) is 13.3. The average Bonchev–Trinajstić information content (AvgIpc) is 2.50. The van der Waals surface area contributed by atoms with Gasteiger partial charge in [-0.1, -0.05) is 18.2 Å². The lowest BCUT2D eigenvalue weighted by atomic mass is 10.1. The molecule has 0 bridgehead atoms. The average molecular weight is 342 g/mol. The van der Waals surface area contributed by atoms with Crippen LogP contribution in [0, 0.1) is 17.1 Å². The Morgan fingerprint density at radius 3 is 2.76 bits per heavy atom. The number of halogens is 2. The van der Waals surface area contributed by atoms with E-state index in [2.05, 4.69) is 32.3 Å². The van der Waals surface area contributed by atoms with Crippen molar-refractivity contribution in [3.05, 3.63) is 64.5 Å². The standard InChI is InChI=1S/C16H9BrFN3/c17-13-7-11(18)5-6-15(13)21-16-10(8-19)9-20-14-4-2-1-3-12(14)16/h1-7,9H,(H,20,21). The van der Waals surface area contributed by atoms with Gasteiger partial charge in [0, 0.05) is 16.1 Å². The molecule has 0 aliphatic carbocycles. The third kappa shape index (κ3) is 2.58. The summed E-state index contributed by atoms with van der Waals surface area (Å²) in [6.45, 7) is 0. The first kappa shape index (κ1) is 13.5. The van der Waals surface area contributed by atoms with E-state index < -0.39 is 0 Å². The van der Waals surface area contributed by atoms with E-state index in [0.29, 0.717) is 21.4 Å². The van der Waals surface area contributed by atoms with Gasteiger partial charge in [0.05, 0.1) is 22.5 Å². The molecule has 3 aromatic rings. The summed E-state index contributed by atoms with van der Waals surface area (Å²) in [4.78, 5) is 4.26. The largest absolute Gasteiger partial charge is 0.353 e. The summed E-state index contributed by atoms with van der Waals surface area (Å²) in [6, 6.07) is 14.0. The fourth-order valence-electron chi connectivity index (χ4n) is 2.09. The topological polar surface area (TPSA) is 48.7 Å². The number of anilines is 2. The Bertz CT molecular complexity index is 871. The van der Waals surface area contributed by atoms with Gasteiger partial charge in [-0.15, -0.1) is 0 Å². The van der Waals surface area contributed by atoms with Crippen molar-refractivity contribution in [2.45, 2.75) is 0 Å². The van der Waals surface area contributed by atoms with Crippen LogP contribution in [0.5, 0.6) is 0 Å². The number of nitrogens with zero attached hydrogens (tertiary/aromatic N) is 2. The summed E-state index contributed by atoms with van der Waals surface area (Å²) < 4.78 is 13.8. The molecular formula is C16H9BrFN3. The van der Waals surface area contributed by atoms with Crippen LogP contribution in [0.2, 0.25) is 0 Å². The third-order valence-corrected chi connectivity index (χ3v) is 3.74. The molecule has 0 saturated carbocycles. The molecule has 0 atom stereocenters. The Morgan fingerprint density at radius 1 is 1.19 bits per heavy atom. The number of benzene rings is 2. The molecule has 0 saturated heterocycles. The fourth-order valence-corrected chi connectivity index (χ4v) is 2.54. The van der Waals surface area contributed by atoms with E-state index in [9.17, 15) is 9.65 Å². The summed E-state index contributed by atoms with van der Waals surface area (Å²) in [5.74, 6) is -0.326. The van der Waals surface area contributed by atoms with Crippen molar-refractivity contribution in [1.29, 1.82) is 5.26 Å². The zero-order valence-corrected chi connectivity index (χ0v) is 12.4. The highest BCUT2D eigenvalue weighted by molar-refractivity contribution is 9.10. The highest BCUT2D eigenvalue weighted by atomic mass is 79.9. The van der Waals surface area contributed by atoms with Gasteiger partial charge in [0.15, 0.2) is 0 Å². The number of rotatable bonds is 2. The summed E-state index contributed by atoms with van der Waals surface area (Å²) in [5.41, 5.74) is 2.57. The first-order valence-electron chi connectivity index (χ1n) is 6.19. The summed E-state index contributed by atoms with van der Waals surface area (Å²) >= 11 is 3.31. The second kappa shape index (κ2) is 5.51. The molecular weight excluding hydrogens is 333 g/mol. The van der Waals surface area contributed by atoms with Gasteiger partial charge < -0.3 is 5.32 Å². The lowest BCUT2D eigenvalue weighted by Crippen LogP contribution is -1.97. The number of para-hydroxylation sites is 1. The molecule has 0 fully saturated rings. The fraction of sp³-hybridized carbons (Fsp3) is 0. The molecule has 0 unspecified atom stereocenters. The van der Waals surface area contributed by atoms with E-state index in [1.165, 1.54) is 18.3 Å². The number of hydrogen-bond donors (Lipinski definition) is 1. The lowest BCUT2D eigenvalue weighted by Gasteiger charge is -2.12. The lowest BCUT2D eigenvalue weighted by molar-refractivity contribution is 0.627. The summed E-state index contributed by atoms with van der Waals surface area (Å²) in [6.07, 6.45) is 1.53. The zero-order chi connectivity index (χ0) is 14.8. The molecule has 5 heteroatoms. The minimum absolute atomic E-state index is 0.326. The SMILES string of the molecule is N#Cc1cnc2ccccc2c1Nc1ccc(F)cc1Br. The van der Waals surface area contributed by atoms with E-state index in [1.54, 1.807) is 6.07 Å². The maximum atomic E-state index is 13.2. The number of aromatic nitrogens is 1.